The fraction of sp³-hybridized carbons (Fsp3) is 0. The van der Waals surface area contributed by atoms with Crippen molar-refractivity contribution in [2.75, 3.05) is 5.73 Å². The first-order valence-corrected chi connectivity index (χ1v) is 7.88. The van der Waals surface area contributed by atoms with Gasteiger partial charge in [-0.1, -0.05) is 24.3 Å². The van der Waals surface area contributed by atoms with Gasteiger partial charge in [0.2, 0.25) is 5.95 Å². The highest BCUT2D eigenvalue weighted by atomic mass is 16.5. The van der Waals surface area contributed by atoms with Gasteiger partial charge in [0, 0.05) is 47.7 Å². The number of pyridine rings is 1. The maximum absolute atomic E-state index is 5.81. The first-order valence-electron chi connectivity index (χ1n) is 7.88. The number of anilines is 1. The van der Waals surface area contributed by atoms with Crippen LogP contribution in [0, 0.1) is 0 Å². The van der Waals surface area contributed by atoms with Gasteiger partial charge in [-0.3, -0.25) is 4.98 Å². The van der Waals surface area contributed by atoms with Gasteiger partial charge in [0.1, 0.15) is 5.75 Å². The van der Waals surface area contributed by atoms with Crippen LogP contribution in [-0.2, 0) is 0 Å². The van der Waals surface area contributed by atoms with Crippen LogP contribution >= 0.6 is 0 Å². The monoisotopic (exact) mass is 342 g/mol. The first kappa shape index (κ1) is 15.6. The molecule has 0 aliphatic carbocycles. The molecule has 0 radical (unpaired) electrons. The van der Waals surface area contributed by atoms with Gasteiger partial charge in [0.25, 0.3) is 0 Å². The summed E-state index contributed by atoms with van der Waals surface area (Å²) < 4.78 is 5.81. The second-order valence-electron chi connectivity index (χ2n) is 5.39. The van der Waals surface area contributed by atoms with Crippen LogP contribution in [0.4, 0.5) is 5.95 Å². The number of para-hydroxylation sites is 1. The molecule has 1 aromatic carbocycles. The molecule has 126 valence electrons. The molecule has 0 aliphatic heterocycles. The van der Waals surface area contributed by atoms with E-state index in [0.29, 0.717) is 11.8 Å². The molecule has 7 heteroatoms. The van der Waals surface area contributed by atoms with Crippen molar-refractivity contribution in [1.29, 1.82) is 0 Å². The minimum absolute atomic E-state index is 0.236. The zero-order valence-corrected chi connectivity index (χ0v) is 13.6. The first-order chi connectivity index (χ1) is 12.8. The van der Waals surface area contributed by atoms with Crippen LogP contribution in [0.3, 0.4) is 0 Å². The average Bonchev–Trinajstić information content (AvgIpc) is 2.70. The van der Waals surface area contributed by atoms with Gasteiger partial charge in [0.05, 0.1) is 5.69 Å². The normalized spacial score (nSPS) is 10.5. The molecule has 0 aliphatic rings. The number of nitrogens with two attached hydrogens (primary N) is 1. The molecule has 0 saturated heterocycles. The summed E-state index contributed by atoms with van der Waals surface area (Å²) in [7, 11) is 0. The Hall–Kier alpha value is -3.87. The van der Waals surface area contributed by atoms with Crippen molar-refractivity contribution in [2.45, 2.75) is 0 Å². The predicted octanol–water partition coefficient (Wildman–Crippen LogP) is 3.37. The van der Waals surface area contributed by atoms with Gasteiger partial charge in [0.15, 0.2) is 0 Å². The highest BCUT2D eigenvalue weighted by Crippen LogP contribution is 2.32. The Kier molecular flexibility index (Phi) is 4.17. The second-order valence-corrected chi connectivity index (χ2v) is 5.39. The summed E-state index contributed by atoms with van der Waals surface area (Å²) in [6.07, 6.45) is 8.34. The van der Waals surface area contributed by atoms with Crippen molar-refractivity contribution in [3.05, 3.63) is 73.4 Å². The van der Waals surface area contributed by atoms with E-state index in [9.17, 15) is 0 Å². The standard InChI is InChI=1S/C19H14N6O/c20-18-24-11-14(12-25-18)16-7-6-13(10-23-16)15-4-1-2-5-17(15)26-19-21-8-3-9-22-19/h1-12H,(H2,20,24,25). The molecule has 0 bridgehead atoms. The van der Waals surface area contributed by atoms with Gasteiger partial charge >= 0.3 is 6.01 Å². The lowest BCUT2D eigenvalue weighted by atomic mass is 10.1. The summed E-state index contributed by atoms with van der Waals surface area (Å²) in [6, 6.07) is 13.6. The van der Waals surface area contributed by atoms with Crippen LogP contribution in [0.1, 0.15) is 0 Å². The maximum atomic E-state index is 5.81. The third kappa shape index (κ3) is 3.32. The molecule has 0 atom stereocenters. The molecular weight excluding hydrogens is 328 g/mol. The summed E-state index contributed by atoms with van der Waals surface area (Å²) in [5, 5.41) is 0. The molecule has 3 aromatic heterocycles. The Labute approximate surface area is 149 Å². The molecule has 4 rings (SSSR count). The van der Waals surface area contributed by atoms with Gasteiger partial charge in [-0.05, 0) is 18.2 Å². The van der Waals surface area contributed by atoms with Gasteiger partial charge in [-0.15, -0.1) is 0 Å². The minimum atomic E-state index is 0.236. The van der Waals surface area contributed by atoms with Gasteiger partial charge in [-0.2, -0.15) is 0 Å². The zero-order chi connectivity index (χ0) is 17.8. The third-order valence-corrected chi connectivity index (χ3v) is 3.67. The Morgan fingerprint density at radius 2 is 1.42 bits per heavy atom. The molecule has 3 heterocycles. The molecule has 7 nitrogen and oxygen atoms in total. The van der Waals surface area contributed by atoms with Crippen molar-refractivity contribution in [3.63, 3.8) is 0 Å². The van der Waals surface area contributed by atoms with Crippen LogP contribution in [-0.4, -0.2) is 24.9 Å². The summed E-state index contributed by atoms with van der Waals surface area (Å²) in [6.45, 7) is 0. The number of nitrogen functional groups attached to an aromatic ring is 1. The molecular formula is C19H14N6O. The van der Waals surface area contributed by atoms with Crippen LogP contribution in [0.5, 0.6) is 11.8 Å². The molecule has 2 N–H and O–H groups in total. The average molecular weight is 342 g/mol. The lowest BCUT2D eigenvalue weighted by molar-refractivity contribution is 0.443. The molecule has 0 amide bonds. The summed E-state index contributed by atoms with van der Waals surface area (Å²) in [5.41, 5.74) is 8.89. The third-order valence-electron chi connectivity index (χ3n) is 3.67. The molecule has 0 unspecified atom stereocenters. The van der Waals surface area contributed by atoms with Crippen molar-refractivity contribution >= 4 is 5.95 Å². The maximum Gasteiger partial charge on any atom is 0.321 e. The number of hydrogen-bond acceptors (Lipinski definition) is 7. The minimum Gasteiger partial charge on any atom is -0.424 e. The molecule has 0 saturated carbocycles. The Balaban J connectivity index is 1.65. The van der Waals surface area contributed by atoms with Gasteiger partial charge < -0.3 is 10.5 Å². The fourth-order valence-corrected chi connectivity index (χ4v) is 2.42. The summed E-state index contributed by atoms with van der Waals surface area (Å²) >= 11 is 0. The summed E-state index contributed by atoms with van der Waals surface area (Å²) in [5.74, 6) is 0.892. The number of ether oxygens (including phenoxy) is 1. The predicted molar refractivity (Wildman–Crippen MR) is 97.2 cm³/mol. The van der Waals surface area contributed by atoms with Crippen LogP contribution in [0.15, 0.2) is 73.4 Å². The largest absolute Gasteiger partial charge is 0.424 e. The van der Waals surface area contributed by atoms with Crippen molar-refractivity contribution in [2.24, 2.45) is 0 Å². The zero-order valence-electron chi connectivity index (χ0n) is 13.6. The number of benzene rings is 1. The quantitative estimate of drug-likeness (QED) is 0.607. The molecule has 0 spiro atoms. The lowest BCUT2D eigenvalue weighted by Crippen LogP contribution is -1.95. The number of nitrogens with zero attached hydrogens (tertiary/aromatic N) is 5. The SMILES string of the molecule is Nc1ncc(-c2ccc(-c3ccccc3Oc3ncccn3)cn2)cn1. The molecule has 0 fully saturated rings. The molecule has 4 aromatic rings. The smallest absolute Gasteiger partial charge is 0.321 e. The van der Waals surface area contributed by atoms with Crippen molar-refractivity contribution in [1.82, 2.24) is 24.9 Å². The van der Waals surface area contributed by atoms with E-state index in [1.54, 1.807) is 37.1 Å². The van der Waals surface area contributed by atoms with E-state index >= 15 is 0 Å². The van der Waals surface area contributed by atoms with E-state index in [2.05, 4.69) is 24.9 Å². The second kappa shape index (κ2) is 6.94. The van der Waals surface area contributed by atoms with E-state index in [1.807, 2.05) is 36.4 Å². The summed E-state index contributed by atoms with van der Waals surface area (Å²) in [4.78, 5) is 20.7. The topological polar surface area (TPSA) is 99.7 Å². The van der Waals surface area contributed by atoms with E-state index < -0.39 is 0 Å². The van der Waals surface area contributed by atoms with E-state index in [1.165, 1.54) is 0 Å². The Bertz CT molecular complexity index is 1000. The van der Waals surface area contributed by atoms with Crippen LogP contribution in [0.2, 0.25) is 0 Å². The highest BCUT2D eigenvalue weighted by molar-refractivity contribution is 5.71. The lowest BCUT2D eigenvalue weighted by Gasteiger charge is -2.10. The Morgan fingerprint density at radius 3 is 2.15 bits per heavy atom. The number of hydrogen-bond donors (Lipinski definition) is 1. The van der Waals surface area contributed by atoms with Crippen LogP contribution in [0.25, 0.3) is 22.4 Å². The van der Waals surface area contributed by atoms with Gasteiger partial charge in [-0.25, -0.2) is 19.9 Å². The van der Waals surface area contributed by atoms with Crippen molar-refractivity contribution < 1.29 is 4.74 Å². The highest BCUT2D eigenvalue weighted by Gasteiger charge is 2.09. The number of rotatable bonds is 4. The van der Waals surface area contributed by atoms with Crippen molar-refractivity contribution in [3.8, 4) is 34.1 Å². The number of aromatic nitrogens is 5. The Morgan fingerprint density at radius 1 is 0.692 bits per heavy atom. The molecule has 26 heavy (non-hydrogen) atoms. The van der Waals surface area contributed by atoms with E-state index in [0.717, 1.165) is 22.4 Å². The fourth-order valence-electron chi connectivity index (χ4n) is 2.42. The van der Waals surface area contributed by atoms with E-state index in [4.69, 9.17) is 10.5 Å². The van der Waals surface area contributed by atoms with E-state index in [-0.39, 0.29) is 5.95 Å². The van der Waals surface area contributed by atoms with Crippen LogP contribution < -0.4 is 10.5 Å².